The van der Waals surface area contributed by atoms with Gasteiger partial charge in [-0.1, -0.05) is 17.7 Å². The van der Waals surface area contributed by atoms with Crippen molar-refractivity contribution in [2.75, 3.05) is 18.1 Å². The van der Waals surface area contributed by atoms with Crippen LogP contribution in [0.1, 0.15) is 17.2 Å². The molecule has 5 rings (SSSR count). The van der Waals surface area contributed by atoms with Gasteiger partial charge in [0.05, 0.1) is 16.6 Å². The first kappa shape index (κ1) is 21.0. The number of amides is 1. The largest absolute Gasteiger partial charge is 0.507 e. The monoisotopic (exact) mass is 466 g/mol. The van der Waals surface area contributed by atoms with E-state index in [2.05, 4.69) is 4.98 Å². The van der Waals surface area contributed by atoms with Crippen molar-refractivity contribution in [1.29, 1.82) is 0 Å². The Morgan fingerprint density at radius 2 is 1.88 bits per heavy atom. The summed E-state index contributed by atoms with van der Waals surface area (Å²) >= 11 is 5.93. The quantitative estimate of drug-likeness (QED) is 0.352. The molecule has 1 fully saturated rings. The summed E-state index contributed by atoms with van der Waals surface area (Å²) < 4.78 is 24.8. The van der Waals surface area contributed by atoms with E-state index in [0.29, 0.717) is 30.3 Å². The number of Topliss-reactive ketones (excluding diaryl/α,β-unsaturated/α-hetero) is 1. The number of halogens is 2. The molecule has 1 N–H and O–H groups in total. The lowest BCUT2D eigenvalue weighted by Crippen LogP contribution is -2.29. The Balaban J connectivity index is 1.69. The Morgan fingerprint density at radius 3 is 2.61 bits per heavy atom. The fraction of sp³-hybridized carbons (Fsp3) is 0.125. The maximum Gasteiger partial charge on any atom is 0.300 e. The molecule has 0 aliphatic carbocycles. The van der Waals surface area contributed by atoms with Crippen LogP contribution in [0, 0.1) is 5.82 Å². The lowest BCUT2D eigenvalue weighted by atomic mass is 9.96. The number of aliphatic hydroxyl groups excluding tert-OH is 1. The minimum atomic E-state index is -1.01. The van der Waals surface area contributed by atoms with Gasteiger partial charge in [-0.05, 0) is 48.0 Å². The molecule has 1 unspecified atom stereocenters. The van der Waals surface area contributed by atoms with Crippen LogP contribution in [-0.2, 0) is 9.59 Å². The van der Waals surface area contributed by atoms with Crippen molar-refractivity contribution < 1.29 is 28.6 Å². The Kier molecular flexibility index (Phi) is 5.22. The topological polar surface area (TPSA) is 89.0 Å². The number of carbonyl (C=O) groups excluding carboxylic acids is 2. The van der Waals surface area contributed by atoms with E-state index in [9.17, 15) is 19.1 Å². The van der Waals surface area contributed by atoms with Crippen LogP contribution in [0.15, 0.2) is 66.5 Å². The van der Waals surface area contributed by atoms with E-state index < -0.39 is 23.5 Å². The molecule has 1 atom stereocenters. The van der Waals surface area contributed by atoms with Gasteiger partial charge in [-0.25, -0.2) is 4.39 Å². The Hall–Kier alpha value is -3.91. The molecule has 2 aromatic carbocycles. The lowest BCUT2D eigenvalue weighted by molar-refractivity contribution is -0.132. The van der Waals surface area contributed by atoms with E-state index in [1.54, 1.807) is 36.5 Å². The van der Waals surface area contributed by atoms with Gasteiger partial charge in [0, 0.05) is 23.6 Å². The Labute approximate surface area is 192 Å². The molecule has 0 radical (unpaired) electrons. The highest BCUT2D eigenvalue weighted by Gasteiger charge is 2.47. The third kappa shape index (κ3) is 3.58. The maximum absolute atomic E-state index is 13.8. The number of rotatable bonds is 3. The number of ketones is 1. The number of benzene rings is 2. The molecule has 2 aliphatic rings. The molecule has 0 saturated carbocycles. The summed E-state index contributed by atoms with van der Waals surface area (Å²) in [6.07, 6.45) is 3.04. The number of carbonyl (C=O) groups is 2. The summed E-state index contributed by atoms with van der Waals surface area (Å²) in [5, 5.41) is 11.0. The zero-order valence-electron chi connectivity index (χ0n) is 17.0. The highest BCUT2D eigenvalue weighted by Crippen LogP contribution is 2.43. The van der Waals surface area contributed by atoms with Crippen molar-refractivity contribution in [2.24, 2.45) is 0 Å². The number of pyridine rings is 1. The van der Waals surface area contributed by atoms with Gasteiger partial charge < -0.3 is 14.6 Å². The van der Waals surface area contributed by atoms with Crippen LogP contribution in [0.4, 0.5) is 10.1 Å². The van der Waals surface area contributed by atoms with E-state index in [1.165, 1.54) is 23.2 Å². The van der Waals surface area contributed by atoms with E-state index in [1.807, 2.05) is 0 Å². The van der Waals surface area contributed by atoms with E-state index in [0.717, 1.165) is 6.07 Å². The minimum absolute atomic E-state index is 0.134. The fourth-order valence-corrected chi connectivity index (χ4v) is 4.11. The number of anilines is 1. The molecule has 1 aromatic heterocycles. The standard InChI is InChI=1S/C24H16ClFN2O5/c25-16-11-15(4-5-17(16)26)28-21(14-2-1-7-27-12-14)20(23(30)24(28)31)22(29)13-3-6-18-19(10-13)33-9-8-32-18/h1-7,10-12,21,29H,8-9H2/b22-20-. The Bertz CT molecular complexity index is 1310. The number of fused-ring (bicyclic) bond motifs is 1. The number of aromatic nitrogens is 1. The molecule has 33 heavy (non-hydrogen) atoms. The second kappa shape index (κ2) is 8.22. The molecule has 9 heteroatoms. The SMILES string of the molecule is O=C1C(=O)N(c2ccc(F)c(Cl)c2)C(c2cccnc2)/C1=C(/O)c1ccc2c(c1)OCCO2. The predicted octanol–water partition coefficient (Wildman–Crippen LogP) is 4.27. The first-order valence-electron chi connectivity index (χ1n) is 10.0. The van der Waals surface area contributed by atoms with Gasteiger partial charge in [0.2, 0.25) is 0 Å². The highest BCUT2D eigenvalue weighted by atomic mass is 35.5. The number of hydrogen-bond acceptors (Lipinski definition) is 6. The van der Waals surface area contributed by atoms with E-state index in [4.69, 9.17) is 21.1 Å². The number of hydrogen-bond donors (Lipinski definition) is 1. The third-order valence-corrected chi connectivity index (χ3v) is 5.73. The molecular formula is C24H16ClFN2O5. The van der Waals surface area contributed by atoms with Gasteiger partial charge in [-0.2, -0.15) is 0 Å². The van der Waals surface area contributed by atoms with Gasteiger partial charge in [-0.3, -0.25) is 19.5 Å². The average molecular weight is 467 g/mol. The molecule has 2 aliphatic heterocycles. The van der Waals surface area contributed by atoms with Crippen molar-refractivity contribution in [3.8, 4) is 11.5 Å². The minimum Gasteiger partial charge on any atom is -0.507 e. The second-order valence-corrected chi connectivity index (χ2v) is 7.82. The van der Waals surface area contributed by atoms with Crippen LogP contribution < -0.4 is 14.4 Å². The lowest BCUT2D eigenvalue weighted by Gasteiger charge is -2.25. The highest BCUT2D eigenvalue weighted by molar-refractivity contribution is 6.51. The molecule has 1 saturated heterocycles. The molecule has 7 nitrogen and oxygen atoms in total. The summed E-state index contributed by atoms with van der Waals surface area (Å²) in [6, 6.07) is 10.8. The fourth-order valence-electron chi connectivity index (χ4n) is 3.93. The van der Waals surface area contributed by atoms with Gasteiger partial charge in [0.1, 0.15) is 24.8 Å². The molecule has 3 heterocycles. The van der Waals surface area contributed by atoms with Crippen LogP contribution >= 0.6 is 11.6 Å². The second-order valence-electron chi connectivity index (χ2n) is 7.41. The van der Waals surface area contributed by atoms with Crippen molar-refractivity contribution in [2.45, 2.75) is 6.04 Å². The maximum atomic E-state index is 13.8. The molecular weight excluding hydrogens is 451 g/mol. The van der Waals surface area contributed by atoms with Gasteiger partial charge in [0.25, 0.3) is 11.7 Å². The zero-order valence-corrected chi connectivity index (χ0v) is 17.8. The van der Waals surface area contributed by atoms with E-state index in [-0.39, 0.29) is 27.6 Å². The number of ether oxygens (including phenoxy) is 2. The van der Waals surface area contributed by atoms with Crippen LogP contribution in [0.25, 0.3) is 5.76 Å². The van der Waals surface area contributed by atoms with Gasteiger partial charge in [-0.15, -0.1) is 0 Å². The molecule has 1 amide bonds. The summed E-state index contributed by atoms with van der Waals surface area (Å²) in [7, 11) is 0. The molecule has 166 valence electrons. The van der Waals surface area contributed by atoms with Crippen molar-refractivity contribution in [3.63, 3.8) is 0 Å². The van der Waals surface area contributed by atoms with Gasteiger partial charge >= 0.3 is 0 Å². The molecule has 0 bridgehead atoms. The number of nitrogens with zero attached hydrogens (tertiary/aromatic N) is 2. The Morgan fingerprint density at radius 1 is 1.09 bits per heavy atom. The van der Waals surface area contributed by atoms with Crippen LogP contribution in [-0.4, -0.2) is 35.0 Å². The van der Waals surface area contributed by atoms with Crippen molar-refractivity contribution in [1.82, 2.24) is 4.98 Å². The zero-order chi connectivity index (χ0) is 23.1. The van der Waals surface area contributed by atoms with Gasteiger partial charge in [0.15, 0.2) is 11.5 Å². The van der Waals surface area contributed by atoms with Crippen molar-refractivity contribution in [3.05, 3.63) is 88.5 Å². The van der Waals surface area contributed by atoms with Crippen LogP contribution in [0.5, 0.6) is 11.5 Å². The summed E-state index contributed by atoms with van der Waals surface area (Å²) in [6.45, 7) is 0.757. The normalized spacial score (nSPS) is 19.1. The molecule has 0 spiro atoms. The average Bonchev–Trinajstić information content (AvgIpc) is 3.11. The van der Waals surface area contributed by atoms with Crippen molar-refractivity contribution >= 4 is 34.7 Å². The van der Waals surface area contributed by atoms with Crippen LogP contribution in [0.3, 0.4) is 0 Å². The predicted molar refractivity (Wildman–Crippen MR) is 118 cm³/mol. The van der Waals surface area contributed by atoms with E-state index >= 15 is 0 Å². The first-order chi connectivity index (χ1) is 16.0. The summed E-state index contributed by atoms with van der Waals surface area (Å²) in [4.78, 5) is 31.5. The first-order valence-corrected chi connectivity index (χ1v) is 10.4. The summed E-state index contributed by atoms with van der Waals surface area (Å²) in [5.41, 5.74) is 0.836. The third-order valence-electron chi connectivity index (χ3n) is 5.44. The summed E-state index contributed by atoms with van der Waals surface area (Å²) in [5.74, 6) is -1.88. The van der Waals surface area contributed by atoms with Crippen LogP contribution in [0.2, 0.25) is 5.02 Å². The number of aliphatic hydroxyl groups is 1. The smallest absolute Gasteiger partial charge is 0.300 e. The molecule has 3 aromatic rings.